The molecule has 4 nitrogen and oxygen atoms in total. The Balaban J connectivity index is 1.72. The van der Waals surface area contributed by atoms with E-state index >= 15 is 0 Å². The van der Waals surface area contributed by atoms with Crippen molar-refractivity contribution in [1.82, 2.24) is 15.0 Å². The van der Waals surface area contributed by atoms with Crippen LogP contribution in [0.4, 0.5) is 0 Å². The van der Waals surface area contributed by atoms with E-state index in [0.29, 0.717) is 0 Å². The Labute approximate surface area is 152 Å². The molecule has 2 aromatic heterocycles. The van der Waals surface area contributed by atoms with Gasteiger partial charge in [-0.25, -0.2) is 9.97 Å². The van der Waals surface area contributed by atoms with E-state index in [0.717, 1.165) is 39.7 Å². The lowest BCUT2D eigenvalue weighted by Crippen LogP contribution is -2.01. The Morgan fingerprint density at radius 1 is 0.962 bits per heavy atom. The number of aromatic amines is 1. The fourth-order valence-electron chi connectivity index (χ4n) is 3.08. The van der Waals surface area contributed by atoms with Gasteiger partial charge in [-0.15, -0.1) is 0 Å². The van der Waals surface area contributed by atoms with Gasteiger partial charge in [0.1, 0.15) is 19.1 Å². The Morgan fingerprint density at radius 3 is 2.38 bits per heavy atom. The van der Waals surface area contributed by atoms with Crippen molar-refractivity contribution >= 4 is 23.5 Å². The van der Waals surface area contributed by atoms with E-state index in [4.69, 9.17) is 0 Å². The zero-order valence-corrected chi connectivity index (χ0v) is 15.7. The highest BCUT2D eigenvalue weighted by molar-refractivity contribution is 7.70. The molecule has 0 saturated heterocycles. The van der Waals surface area contributed by atoms with Crippen LogP contribution >= 0.6 is 7.14 Å². The fourth-order valence-corrected chi connectivity index (χ4v) is 3.94. The van der Waals surface area contributed by atoms with Gasteiger partial charge in [-0.3, -0.25) is 0 Å². The summed E-state index contributed by atoms with van der Waals surface area (Å²) in [5, 5.41) is 1.93. The molecule has 0 bridgehead atoms. The molecule has 0 spiro atoms. The number of hydrogen-bond donors (Lipinski definition) is 1. The average Bonchev–Trinajstić information content (AvgIpc) is 3.07. The van der Waals surface area contributed by atoms with Gasteiger partial charge < -0.3 is 9.55 Å². The summed E-state index contributed by atoms with van der Waals surface area (Å²) in [4.78, 5) is 12.2. The van der Waals surface area contributed by atoms with E-state index < -0.39 is 7.14 Å². The van der Waals surface area contributed by atoms with Crippen molar-refractivity contribution in [2.24, 2.45) is 0 Å². The van der Waals surface area contributed by atoms with Crippen molar-refractivity contribution in [3.63, 3.8) is 0 Å². The van der Waals surface area contributed by atoms with Crippen molar-refractivity contribution < 1.29 is 4.57 Å². The molecule has 0 aliphatic carbocycles. The van der Waals surface area contributed by atoms with Gasteiger partial charge in [0.15, 0.2) is 0 Å². The third-order valence-corrected chi connectivity index (χ3v) is 6.06. The van der Waals surface area contributed by atoms with Crippen molar-refractivity contribution in [3.05, 3.63) is 78.2 Å². The summed E-state index contributed by atoms with van der Waals surface area (Å²) < 4.78 is 12.2. The van der Waals surface area contributed by atoms with Gasteiger partial charge in [0.05, 0.1) is 5.69 Å². The van der Waals surface area contributed by atoms with Gasteiger partial charge in [0.2, 0.25) is 0 Å². The summed E-state index contributed by atoms with van der Waals surface area (Å²) in [6.45, 7) is 3.58. The highest BCUT2D eigenvalue weighted by Crippen LogP contribution is 2.35. The lowest BCUT2D eigenvalue weighted by atomic mass is 10.1. The molecule has 4 rings (SSSR count). The fraction of sp³-hybridized carbons (Fsp3) is 0.143. The molecule has 0 aliphatic heterocycles. The van der Waals surface area contributed by atoms with Gasteiger partial charge in [-0.05, 0) is 30.5 Å². The summed E-state index contributed by atoms with van der Waals surface area (Å²) >= 11 is 0. The number of nitrogens with one attached hydrogen (secondary N) is 1. The van der Waals surface area contributed by atoms with Gasteiger partial charge >= 0.3 is 0 Å². The van der Waals surface area contributed by atoms with Crippen LogP contribution in [-0.2, 0) is 11.0 Å². The van der Waals surface area contributed by atoms with Crippen LogP contribution in [0.5, 0.6) is 0 Å². The molecule has 0 fully saturated rings. The van der Waals surface area contributed by atoms with Crippen LogP contribution in [0.25, 0.3) is 22.3 Å². The van der Waals surface area contributed by atoms with E-state index in [1.54, 1.807) is 19.7 Å². The summed E-state index contributed by atoms with van der Waals surface area (Å²) in [5.41, 5.74) is 5.10. The molecule has 5 heteroatoms. The van der Waals surface area contributed by atoms with Crippen molar-refractivity contribution in [2.75, 3.05) is 13.3 Å². The van der Waals surface area contributed by atoms with Gasteiger partial charge in [-0.2, -0.15) is 0 Å². The van der Waals surface area contributed by atoms with Crippen LogP contribution < -0.4 is 5.30 Å². The molecule has 1 N–H and O–H groups in total. The molecule has 4 aromatic rings. The maximum atomic E-state index is 12.2. The smallest absolute Gasteiger partial charge is 0.141 e. The molecule has 0 saturated carbocycles. The first-order chi connectivity index (χ1) is 12.5. The first kappa shape index (κ1) is 16.7. The molecule has 130 valence electrons. The van der Waals surface area contributed by atoms with E-state index in [2.05, 4.69) is 33.2 Å². The van der Waals surface area contributed by atoms with E-state index in [1.165, 1.54) is 5.56 Å². The molecule has 26 heavy (non-hydrogen) atoms. The summed E-state index contributed by atoms with van der Waals surface area (Å²) in [6.07, 6.45) is 2.37. The van der Waals surface area contributed by atoms with Crippen molar-refractivity contribution in [2.45, 2.75) is 6.42 Å². The molecule has 0 aliphatic rings. The maximum absolute atomic E-state index is 12.2. The van der Waals surface area contributed by atoms with Crippen LogP contribution in [0.2, 0.25) is 0 Å². The molecule has 0 unspecified atom stereocenters. The highest BCUT2D eigenvalue weighted by Gasteiger charge is 2.13. The predicted molar refractivity (Wildman–Crippen MR) is 108 cm³/mol. The quantitative estimate of drug-likeness (QED) is 0.546. The minimum Gasteiger partial charge on any atom is -0.339 e. The number of benzene rings is 2. The number of fused-ring (bicyclic) bond motifs is 1. The SMILES string of the molecule is CP(C)(=O)c1ccc(-c2cc3c(Cc4ccccc4)ncnc3[nH]2)cc1. The highest BCUT2D eigenvalue weighted by atomic mass is 31.2. The lowest BCUT2D eigenvalue weighted by molar-refractivity contribution is 0.588. The minimum absolute atomic E-state index is 0.769. The first-order valence-electron chi connectivity index (χ1n) is 8.53. The second-order valence-corrected chi connectivity index (χ2v) is 10.0. The lowest BCUT2D eigenvalue weighted by Gasteiger charge is -2.07. The number of aromatic nitrogens is 3. The summed E-state index contributed by atoms with van der Waals surface area (Å²) in [5.74, 6) is 0. The van der Waals surface area contributed by atoms with Crippen LogP contribution in [0.15, 0.2) is 67.0 Å². The monoisotopic (exact) mass is 361 g/mol. The minimum atomic E-state index is -2.24. The maximum Gasteiger partial charge on any atom is 0.141 e. The van der Waals surface area contributed by atoms with Gasteiger partial charge in [-0.1, -0.05) is 54.6 Å². The zero-order valence-electron chi connectivity index (χ0n) is 14.8. The molecule has 0 amide bonds. The van der Waals surface area contributed by atoms with Crippen LogP contribution in [-0.4, -0.2) is 28.3 Å². The van der Waals surface area contributed by atoms with Crippen LogP contribution in [0.1, 0.15) is 11.3 Å². The zero-order chi connectivity index (χ0) is 18.1. The van der Waals surface area contributed by atoms with E-state index in [-0.39, 0.29) is 0 Å². The third-order valence-electron chi connectivity index (χ3n) is 4.52. The topological polar surface area (TPSA) is 58.6 Å². The van der Waals surface area contributed by atoms with Crippen molar-refractivity contribution in [1.29, 1.82) is 0 Å². The second-order valence-electron chi connectivity index (χ2n) is 6.83. The molecule has 0 atom stereocenters. The second kappa shape index (κ2) is 6.54. The molecular weight excluding hydrogens is 341 g/mol. The molecule has 0 radical (unpaired) electrons. The molecule has 2 aromatic carbocycles. The van der Waals surface area contributed by atoms with Gasteiger partial charge in [0.25, 0.3) is 0 Å². The molecule has 2 heterocycles. The van der Waals surface area contributed by atoms with Crippen LogP contribution in [0, 0.1) is 0 Å². The standard InChI is InChI=1S/C21H20N3OP/c1-26(2,25)17-10-8-16(9-11-17)19-13-18-20(22-14-23-21(18)24-19)12-15-6-4-3-5-7-15/h3-11,13-14H,12H2,1-2H3,(H,22,23,24). The molecular formula is C21H20N3OP. The van der Waals surface area contributed by atoms with Gasteiger partial charge in [0, 0.05) is 22.8 Å². The summed E-state index contributed by atoms with van der Waals surface area (Å²) in [7, 11) is -2.24. The Bertz CT molecular complexity index is 1100. The number of nitrogens with zero attached hydrogens (tertiary/aromatic N) is 2. The average molecular weight is 361 g/mol. The Hall–Kier alpha value is -2.71. The number of rotatable bonds is 4. The Kier molecular flexibility index (Phi) is 4.21. The van der Waals surface area contributed by atoms with E-state index in [1.807, 2.05) is 42.5 Å². The largest absolute Gasteiger partial charge is 0.339 e. The van der Waals surface area contributed by atoms with Crippen LogP contribution in [0.3, 0.4) is 0 Å². The van der Waals surface area contributed by atoms with Crippen molar-refractivity contribution in [3.8, 4) is 11.3 Å². The Morgan fingerprint density at radius 2 is 1.69 bits per heavy atom. The summed E-state index contributed by atoms with van der Waals surface area (Å²) in [6, 6.07) is 20.3. The number of H-pyrrole nitrogens is 1. The third kappa shape index (κ3) is 3.33. The first-order valence-corrected chi connectivity index (χ1v) is 11.1. The predicted octanol–water partition coefficient (Wildman–Crippen LogP) is 4.46. The normalized spacial score (nSPS) is 11.8. The number of hydrogen-bond acceptors (Lipinski definition) is 3. The van der Waals surface area contributed by atoms with E-state index in [9.17, 15) is 4.57 Å².